The zero-order chi connectivity index (χ0) is 10.9. The second-order valence-electron chi connectivity index (χ2n) is 2.91. The van der Waals surface area contributed by atoms with Gasteiger partial charge in [-0.2, -0.15) is 4.39 Å². The third kappa shape index (κ3) is 1.61. The van der Waals surface area contributed by atoms with E-state index in [1.807, 2.05) is 0 Å². The Kier molecular flexibility index (Phi) is 2.60. The number of nitrogens with zero attached hydrogens (tertiary/aromatic N) is 1. The molecule has 14 heavy (non-hydrogen) atoms. The van der Waals surface area contributed by atoms with Crippen molar-refractivity contribution in [2.24, 2.45) is 0 Å². The van der Waals surface area contributed by atoms with Crippen LogP contribution in [-0.2, 0) is 0 Å². The average molecular weight is 197 g/mol. The third-order valence-electron chi connectivity index (χ3n) is 1.88. The van der Waals surface area contributed by atoms with E-state index in [1.54, 1.807) is 0 Å². The predicted octanol–water partition coefficient (Wildman–Crippen LogP) is 2.24. The van der Waals surface area contributed by atoms with Crippen LogP contribution in [-0.4, -0.2) is 10.7 Å². The number of nitro benzene ring substituents is 1. The third-order valence-corrected chi connectivity index (χ3v) is 1.88. The Bertz CT molecular complexity index is 415. The molecule has 0 heterocycles. The fraction of sp³-hybridized carbons (Fsp3) is 0.222. The molecule has 74 valence electrons. The summed E-state index contributed by atoms with van der Waals surface area (Å²) in [5.41, 5.74) is -0.669. The maximum atomic E-state index is 13.4. The van der Waals surface area contributed by atoms with E-state index in [0.29, 0.717) is 0 Å². The van der Waals surface area contributed by atoms with E-state index in [0.717, 1.165) is 6.92 Å². The van der Waals surface area contributed by atoms with Gasteiger partial charge in [-0.1, -0.05) is 6.07 Å². The molecule has 1 rings (SSSR count). The Morgan fingerprint density at radius 3 is 2.50 bits per heavy atom. The van der Waals surface area contributed by atoms with Crippen LogP contribution in [0.15, 0.2) is 12.1 Å². The number of Topliss-reactive ketones (excluding diaryl/α,β-unsaturated/α-hetero) is 1. The molecule has 0 radical (unpaired) electrons. The smallest absolute Gasteiger partial charge is 0.294 e. The standard InChI is InChI=1S/C9H8FNO3/c1-5-3-4-7(6(2)12)8(10)9(5)11(13)14/h3-4H,1-2H3. The quantitative estimate of drug-likeness (QED) is 0.415. The zero-order valence-corrected chi connectivity index (χ0v) is 7.70. The SMILES string of the molecule is CC(=O)c1ccc(C)c([N+](=O)[O-])c1F. The minimum absolute atomic E-state index is 0.206. The molecule has 0 aromatic heterocycles. The van der Waals surface area contributed by atoms with Gasteiger partial charge in [-0.25, -0.2) is 0 Å². The number of ketones is 1. The number of nitro groups is 1. The molecule has 0 saturated carbocycles. The van der Waals surface area contributed by atoms with Crippen molar-refractivity contribution in [3.05, 3.63) is 39.2 Å². The van der Waals surface area contributed by atoms with Gasteiger partial charge in [0, 0.05) is 5.56 Å². The van der Waals surface area contributed by atoms with Crippen molar-refractivity contribution in [2.45, 2.75) is 13.8 Å². The van der Waals surface area contributed by atoms with Crippen molar-refractivity contribution in [3.8, 4) is 0 Å². The van der Waals surface area contributed by atoms with E-state index in [9.17, 15) is 19.3 Å². The highest BCUT2D eigenvalue weighted by molar-refractivity contribution is 5.95. The molecule has 0 bridgehead atoms. The lowest BCUT2D eigenvalue weighted by atomic mass is 10.1. The summed E-state index contributed by atoms with van der Waals surface area (Å²) in [6.45, 7) is 2.59. The van der Waals surface area contributed by atoms with Crippen LogP contribution in [0.3, 0.4) is 0 Å². The van der Waals surface area contributed by atoms with Crippen molar-refractivity contribution in [1.29, 1.82) is 0 Å². The Morgan fingerprint density at radius 1 is 1.50 bits per heavy atom. The van der Waals surface area contributed by atoms with Gasteiger partial charge in [0.25, 0.3) is 0 Å². The molecule has 0 saturated heterocycles. The maximum absolute atomic E-state index is 13.4. The van der Waals surface area contributed by atoms with Crippen LogP contribution in [0.1, 0.15) is 22.8 Å². The number of aryl methyl sites for hydroxylation is 1. The summed E-state index contributed by atoms with van der Waals surface area (Å²) in [5.74, 6) is -1.58. The van der Waals surface area contributed by atoms with Gasteiger partial charge in [0.05, 0.1) is 10.5 Å². The number of halogens is 1. The monoisotopic (exact) mass is 197 g/mol. The zero-order valence-electron chi connectivity index (χ0n) is 7.70. The summed E-state index contributed by atoms with van der Waals surface area (Å²) in [4.78, 5) is 20.5. The molecule has 1 aromatic rings. The summed E-state index contributed by atoms with van der Waals surface area (Å²) in [6, 6.07) is 2.61. The molecule has 0 amide bonds. The van der Waals surface area contributed by atoms with Crippen molar-refractivity contribution < 1.29 is 14.1 Å². The average Bonchev–Trinajstić information content (AvgIpc) is 2.02. The Morgan fingerprint density at radius 2 is 2.07 bits per heavy atom. The second kappa shape index (κ2) is 3.53. The topological polar surface area (TPSA) is 60.2 Å². The molecule has 0 aliphatic rings. The fourth-order valence-corrected chi connectivity index (χ4v) is 1.16. The van der Waals surface area contributed by atoms with Crippen LogP contribution < -0.4 is 0 Å². The minimum Gasteiger partial charge on any atom is -0.294 e. The van der Waals surface area contributed by atoms with Gasteiger partial charge >= 0.3 is 5.69 Å². The van der Waals surface area contributed by atoms with E-state index < -0.39 is 22.2 Å². The van der Waals surface area contributed by atoms with Crippen molar-refractivity contribution in [3.63, 3.8) is 0 Å². The molecule has 0 unspecified atom stereocenters. The first-order valence-electron chi connectivity index (χ1n) is 3.89. The van der Waals surface area contributed by atoms with Crippen molar-refractivity contribution >= 4 is 11.5 Å². The minimum atomic E-state index is -1.05. The number of carbonyl (C=O) groups is 1. The molecule has 4 nitrogen and oxygen atoms in total. The van der Waals surface area contributed by atoms with E-state index in [-0.39, 0.29) is 11.1 Å². The highest BCUT2D eigenvalue weighted by atomic mass is 19.1. The molecule has 0 spiro atoms. The summed E-state index contributed by atoms with van der Waals surface area (Å²) in [7, 11) is 0. The van der Waals surface area contributed by atoms with Gasteiger partial charge in [0.2, 0.25) is 5.82 Å². The molecule has 0 fully saturated rings. The number of benzene rings is 1. The second-order valence-corrected chi connectivity index (χ2v) is 2.91. The summed E-state index contributed by atoms with van der Waals surface area (Å²) < 4.78 is 13.4. The first kappa shape index (κ1) is 10.3. The van der Waals surface area contributed by atoms with Crippen LogP contribution in [0, 0.1) is 22.9 Å². The van der Waals surface area contributed by atoms with E-state index in [2.05, 4.69) is 0 Å². The lowest BCUT2D eigenvalue weighted by Crippen LogP contribution is -2.03. The molecule has 0 aliphatic carbocycles. The molecule has 1 aromatic carbocycles. The molecular weight excluding hydrogens is 189 g/mol. The Balaban J connectivity index is 3.49. The Labute approximate surface area is 79.5 Å². The van der Waals surface area contributed by atoms with Gasteiger partial charge in [-0.15, -0.1) is 0 Å². The van der Waals surface area contributed by atoms with Crippen LogP contribution >= 0.6 is 0 Å². The summed E-state index contributed by atoms with van der Waals surface area (Å²) in [5, 5.41) is 10.5. The van der Waals surface area contributed by atoms with Crippen LogP contribution in [0.25, 0.3) is 0 Å². The van der Waals surface area contributed by atoms with Gasteiger partial charge in [-0.05, 0) is 19.9 Å². The van der Waals surface area contributed by atoms with Gasteiger partial charge < -0.3 is 0 Å². The molecule has 5 heteroatoms. The number of hydrogen-bond acceptors (Lipinski definition) is 3. The Hall–Kier alpha value is -1.78. The lowest BCUT2D eigenvalue weighted by Gasteiger charge is -2.01. The maximum Gasteiger partial charge on any atom is 0.308 e. The molecule has 0 atom stereocenters. The van der Waals surface area contributed by atoms with Crippen LogP contribution in [0.2, 0.25) is 0 Å². The normalized spacial score (nSPS) is 9.93. The highest BCUT2D eigenvalue weighted by Gasteiger charge is 2.22. The number of carbonyl (C=O) groups excluding carboxylic acids is 1. The first-order chi connectivity index (χ1) is 6.45. The highest BCUT2D eigenvalue weighted by Crippen LogP contribution is 2.24. The van der Waals surface area contributed by atoms with Gasteiger partial charge in [-0.3, -0.25) is 14.9 Å². The molecular formula is C9H8FNO3. The largest absolute Gasteiger partial charge is 0.308 e. The predicted molar refractivity (Wildman–Crippen MR) is 47.8 cm³/mol. The summed E-state index contributed by atoms with van der Waals surface area (Å²) in [6.07, 6.45) is 0. The van der Waals surface area contributed by atoms with Gasteiger partial charge in [0.15, 0.2) is 5.78 Å². The summed E-state index contributed by atoms with van der Waals surface area (Å²) >= 11 is 0. The number of rotatable bonds is 2. The van der Waals surface area contributed by atoms with E-state index in [1.165, 1.54) is 19.1 Å². The fourth-order valence-electron chi connectivity index (χ4n) is 1.16. The van der Waals surface area contributed by atoms with E-state index >= 15 is 0 Å². The number of hydrogen-bond donors (Lipinski definition) is 0. The van der Waals surface area contributed by atoms with Crippen molar-refractivity contribution in [2.75, 3.05) is 0 Å². The van der Waals surface area contributed by atoms with Crippen molar-refractivity contribution in [1.82, 2.24) is 0 Å². The van der Waals surface area contributed by atoms with Crippen LogP contribution in [0.5, 0.6) is 0 Å². The van der Waals surface area contributed by atoms with Crippen LogP contribution in [0.4, 0.5) is 10.1 Å². The first-order valence-corrected chi connectivity index (χ1v) is 3.89. The van der Waals surface area contributed by atoms with E-state index in [4.69, 9.17) is 0 Å². The molecule has 0 N–H and O–H groups in total. The van der Waals surface area contributed by atoms with Gasteiger partial charge in [0.1, 0.15) is 0 Å². The molecule has 0 aliphatic heterocycles. The lowest BCUT2D eigenvalue weighted by molar-refractivity contribution is -0.388.